The fraction of sp³-hybridized carbons (Fsp3) is 0.636. The summed E-state index contributed by atoms with van der Waals surface area (Å²) in [5.41, 5.74) is -0.313. The van der Waals surface area contributed by atoms with Crippen molar-refractivity contribution in [1.82, 2.24) is 9.78 Å². The van der Waals surface area contributed by atoms with Crippen molar-refractivity contribution in [3.8, 4) is 5.75 Å². The second kappa shape index (κ2) is 3.90. The maximum Gasteiger partial charge on any atom is 0.162 e. The highest BCUT2D eigenvalue weighted by atomic mass is 16.5. The Morgan fingerprint density at radius 3 is 2.69 bits per heavy atom. The lowest BCUT2D eigenvalue weighted by molar-refractivity contribution is -0.126. The van der Waals surface area contributed by atoms with Crippen LogP contribution < -0.4 is 4.74 Å². The molecule has 1 fully saturated rings. The third-order valence-corrected chi connectivity index (χ3v) is 3.20. The monoisotopic (exact) mass is 224 g/mol. The molecular weight excluding hydrogens is 208 g/mol. The fourth-order valence-corrected chi connectivity index (χ4v) is 2.28. The zero-order valence-corrected chi connectivity index (χ0v) is 9.56. The molecule has 0 unspecified atom stereocenters. The molecule has 0 aromatic carbocycles. The molecule has 1 aromatic heterocycles. The molecule has 5 heteroatoms. The predicted octanol–water partition coefficient (Wildman–Crippen LogP) is 0.759. The zero-order chi connectivity index (χ0) is 11.8. The van der Waals surface area contributed by atoms with Gasteiger partial charge in [0.2, 0.25) is 0 Å². The molecule has 0 amide bonds. The molecule has 0 aliphatic heterocycles. The van der Waals surface area contributed by atoms with Gasteiger partial charge >= 0.3 is 0 Å². The van der Waals surface area contributed by atoms with Crippen LogP contribution in [0.15, 0.2) is 6.20 Å². The Morgan fingerprint density at radius 1 is 1.50 bits per heavy atom. The van der Waals surface area contributed by atoms with Crippen LogP contribution in [0, 0.1) is 0 Å². The van der Waals surface area contributed by atoms with Gasteiger partial charge in [0.25, 0.3) is 0 Å². The van der Waals surface area contributed by atoms with Crippen molar-refractivity contribution in [2.75, 3.05) is 7.11 Å². The Kier molecular flexibility index (Phi) is 2.71. The lowest BCUT2D eigenvalue weighted by Gasteiger charge is -2.31. The minimum Gasteiger partial charge on any atom is -0.493 e. The first-order chi connectivity index (χ1) is 7.57. The number of hydrogen-bond acceptors (Lipinski definition) is 4. The lowest BCUT2D eigenvalue weighted by atomic mass is 9.81. The van der Waals surface area contributed by atoms with E-state index in [-0.39, 0.29) is 5.78 Å². The van der Waals surface area contributed by atoms with Crippen LogP contribution in [0.5, 0.6) is 5.75 Å². The number of aromatic nitrogens is 2. The van der Waals surface area contributed by atoms with Gasteiger partial charge < -0.3 is 9.84 Å². The van der Waals surface area contributed by atoms with E-state index >= 15 is 0 Å². The summed E-state index contributed by atoms with van der Waals surface area (Å²) < 4.78 is 6.80. The first kappa shape index (κ1) is 11.1. The van der Waals surface area contributed by atoms with Crippen LogP contribution in [0.3, 0.4) is 0 Å². The van der Waals surface area contributed by atoms with Crippen molar-refractivity contribution in [2.45, 2.75) is 31.3 Å². The van der Waals surface area contributed by atoms with Crippen LogP contribution in [-0.2, 0) is 17.4 Å². The molecule has 1 aliphatic carbocycles. The highest BCUT2D eigenvalue weighted by Gasteiger charge is 2.38. The van der Waals surface area contributed by atoms with E-state index in [0.717, 1.165) is 0 Å². The summed E-state index contributed by atoms with van der Waals surface area (Å²) in [6.07, 6.45) is 3.32. The standard InChI is InChI=1S/C11H16N2O3/c1-13-10(9(16-2)7-12-13)11(15)5-3-8(14)4-6-11/h7,15H,3-6H2,1-2H3. The molecule has 16 heavy (non-hydrogen) atoms. The van der Waals surface area contributed by atoms with Crippen molar-refractivity contribution < 1.29 is 14.6 Å². The molecule has 0 spiro atoms. The van der Waals surface area contributed by atoms with Gasteiger partial charge in [-0.05, 0) is 12.8 Å². The van der Waals surface area contributed by atoms with Crippen LogP contribution in [0.4, 0.5) is 0 Å². The smallest absolute Gasteiger partial charge is 0.162 e. The Bertz CT molecular complexity index is 401. The summed E-state index contributed by atoms with van der Waals surface area (Å²) >= 11 is 0. The molecule has 1 aromatic rings. The number of ether oxygens (including phenoxy) is 1. The SMILES string of the molecule is COc1cnn(C)c1C1(O)CCC(=O)CC1. The number of carbonyl (C=O) groups excluding carboxylic acids is 1. The van der Waals surface area contributed by atoms with Crippen molar-refractivity contribution in [3.63, 3.8) is 0 Å². The summed E-state index contributed by atoms with van der Waals surface area (Å²) in [6.45, 7) is 0. The van der Waals surface area contributed by atoms with E-state index in [1.54, 1.807) is 25.0 Å². The number of aliphatic hydroxyl groups is 1. The zero-order valence-electron chi connectivity index (χ0n) is 9.56. The maximum absolute atomic E-state index is 11.2. The average molecular weight is 224 g/mol. The highest BCUT2D eigenvalue weighted by molar-refractivity contribution is 5.79. The van der Waals surface area contributed by atoms with Gasteiger partial charge in [-0.2, -0.15) is 5.10 Å². The van der Waals surface area contributed by atoms with Gasteiger partial charge in [-0.15, -0.1) is 0 Å². The number of methoxy groups -OCH3 is 1. The van der Waals surface area contributed by atoms with E-state index in [2.05, 4.69) is 5.10 Å². The van der Waals surface area contributed by atoms with Crippen LogP contribution in [0.1, 0.15) is 31.4 Å². The molecular formula is C11H16N2O3. The van der Waals surface area contributed by atoms with Gasteiger partial charge in [0, 0.05) is 19.9 Å². The summed E-state index contributed by atoms with van der Waals surface area (Å²) in [7, 11) is 3.32. The third-order valence-electron chi connectivity index (χ3n) is 3.20. The van der Waals surface area contributed by atoms with Gasteiger partial charge in [0.15, 0.2) is 5.75 Å². The lowest BCUT2D eigenvalue weighted by Crippen LogP contribution is -2.34. The largest absolute Gasteiger partial charge is 0.493 e. The van der Waals surface area contributed by atoms with Crippen LogP contribution in [0.25, 0.3) is 0 Å². The number of ketones is 1. The van der Waals surface area contributed by atoms with Crippen molar-refractivity contribution in [2.24, 2.45) is 7.05 Å². The van der Waals surface area contributed by atoms with Crippen LogP contribution in [0.2, 0.25) is 0 Å². The maximum atomic E-state index is 11.2. The van der Waals surface area contributed by atoms with E-state index < -0.39 is 5.60 Å². The van der Waals surface area contributed by atoms with E-state index in [1.165, 1.54) is 0 Å². The Labute approximate surface area is 94.0 Å². The Morgan fingerprint density at radius 2 is 2.12 bits per heavy atom. The van der Waals surface area contributed by atoms with Gasteiger partial charge in [0.1, 0.15) is 17.1 Å². The number of hydrogen-bond donors (Lipinski definition) is 1. The number of nitrogens with zero attached hydrogens (tertiary/aromatic N) is 2. The quantitative estimate of drug-likeness (QED) is 0.805. The molecule has 1 heterocycles. The summed E-state index contributed by atoms with van der Waals surface area (Å²) in [5, 5.41) is 14.6. The second-order valence-corrected chi connectivity index (χ2v) is 4.26. The van der Waals surface area contributed by atoms with Gasteiger partial charge in [-0.1, -0.05) is 0 Å². The topological polar surface area (TPSA) is 64.3 Å². The third kappa shape index (κ3) is 1.71. The molecule has 5 nitrogen and oxygen atoms in total. The van der Waals surface area contributed by atoms with E-state index in [0.29, 0.717) is 37.1 Å². The van der Waals surface area contributed by atoms with Crippen LogP contribution in [-0.4, -0.2) is 27.8 Å². The van der Waals surface area contributed by atoms with Crippen molar-refractivity contribution in [3.05, 3.63) is 11.9 Å². The molecule has 88 valence electrons. The Balaban J connectivity index is 2.35. The first-order valence-electron chi connectivity index (χ1n) is 5.37. The summed E-state index contributed by atoms with van der Waals surface area (Å²) in [4.78, 5) is 11.2. The molecule has 0 atom stereocenters. The molecule has 1 saturated carbocycles. The fourth-order valence-electron chi connectivity index (χ4n) is 2.28. The molecule has 0 bridgehead atoms. The van der Waals surface area contributed by atoms with Gasteiger partial charge in [-0.3, -0.25) is 9.48 Å². The van der Waals surface area contributed by atoms with Crippen LogP contribution >= 0.6 is 0 Å². The molecule has 0 radical (unpaired) electrons. The normalized spacial score (nSPS) is 19.8. The number of Topliss-reactive ketones (excluding diaryl/α,β-unsaturated/α-hetero) is 1. The van der Waals surface area contributed by atoms with Gasteiger partial charge in [0.05, 0.1) is 13.3 Å². The highest BCUT2D eigenvalue weighted by Crippen LogP contribution is 2.39. The minimum atomic E-state index is -0.982. The van der Waals surface area contributed by atoms with E-state index in [1.807, 2.05) is 0 Å². The average Bonchev–Trinajstić information content (AvgIpc) is 2.65. The molecule has 0 saturated heterocycles. The minimum absolute atomic E-state index is 0.214. The van der Waals surface area contributed by atoms with Crippen molar-refractivity contribution in [1.29, 1.82) is 0 Å². The number of rotatable bonds is 2. The number of carbonyl (C=O) groups is 1. The van der Waals surface area contributed by atoms with Crippen molar-refractivity contribution >= 4 is 5.78 Å². The van der Waals surface area contributed by atoms with E-state index in [4.69, 9.17) is 4.74 Å². The number of aryl methyl sites for hydroxylation is 1. The first-order valence-corrected chi connectivity index (χ1v) is 5.37. The van der Waals surface area contributed by atoms with E-state index in [9.17, 15) is 9.90 Å². The molecule has 2 rings (SSSR count). The second-order valence-electron chi connectivity index (χ2n) is 4.26. The molecule has 1 N–H and O–H groups in total. The molecule has 1 aliphatic rings. The van der Waals surface area contributed by atoms with Gasteiger partial charge in [-0.25, -0.2) is 0 Å². The Hall–Kier alpha value is -1.36. The summed E-state index contributed by atoms with van der Waals surface area (Å²) in [6, 6.07) is 0. The summed E-state index contributed by atoms with van der Waals surface area (Å²) in [5.74, 6) is 0.796. The predicted molar refractivity (Wildman–Crippen MR) is 57.1 cm³/mol.